The molecule has 2 aliphatic heterocycles. The third-order valence-electron chi connectivity index (χ3n) is 4.53. The van der Waals surface area contributed by atoms with E-state index in [4.69, 9.17) is 9.15 Å². The van der Waals surface area contributed by atoms with E-state index in [0.717, 1.165) is 5.56 Å². The van der Waals surface area contributed by atoms with Crippen LogP contribution in [0.4, 0.5) is 0 Å². The molecule has 1 aromatic carbocycles. The number of aliphatic hydroxyl groups is 1. The third-order valence-corrected chi connectivity index (χ3v) is 4.53. The van der Waals surface area contributed by atoms with Crippen molar-refractivity contribution in [3.8, 4) is 11.5 Å². The number of nitrogens with zero attached hydrogens (tertiary/aromatic N) is 1. The number of aryl methyl sites for hydroxylation is 1. The maximum atomic E-state index is 12.2. The molecule has 3 heterocycles. The highest BCUT2D eigenvalue weighted by atomic mass is 16.5. The minimum absolute atomic E-state index is 0.0863. The number of β-amino-alcohol motifs (C(OH)–C–C–N with tert-alkyl or cyclic N) is 1. The van der Waals surface area contributed by atoms with Gasteiger partial charge in [0.05, 0.1) is 6.10 Å². The fraction of sp³-hybridized carbons (Fsp3) is 0.438. The minimum Gasteiger partial charge on any atom is -0.507 e. The molecule has 22 heavy (non-hydrogen) atoms. The first-order chi connectivity index (χ1) is 10.5. The van der Waals surface area contributed by atoms with E-state index in [-0.39, 0.29) is 28.7 Å². The molecule has 6 heteroatoms. The number of ether oxygens (including phenoxy) is 1. The Kier molecular flexibility index (Phi) is 2.76. The summed E-state index contributed by atoms with van der Waals surface area (Å²) in [5, 5.41) is 20.4. The van der Waals surface area contributed by atoms with Gasteiger partial charge >= 0.3 is 0 Å². The highest BCUT2D eigenvalue weighted by molar-refractivity contribution is 5.89. The van der Waals surface area contributed by atoms with Crippen LogP contribution in [0.3, 0.4) is 0 Å². The summed E-state index contributed by atoms with van der Waals surface area (Å²) in [6.45, 7) is 2.23. The number of benzene rings is 1. The Balaban J connectivity index is 2.02. The fourth-order valence-corrected chi connectivity index (χ4v) is 3.67. The Morgan fingerprint density at radius 3 is 2.91 bits per heavy atom. The molecule has 3 unspecified atom stereocenters. The second-order valence-corrected chi connectivity index (χ2v) is 6.18. The molecule has 0 radical (unpaired) electrons. The van der Waals surface area contributed by atoms with E-state index < -0.39 is 6.10 Å². The summed E-state index contributed by atoms with van der Waals surface area (Å²) in [6, 6.07) is 2.84. The van der Waals surface area contributed by atoms with Gasteiger partial charge in [0.2, 0.25) is 0 Å². The van der Waals surface area contributed by atoms with Crippen LogP contribution in [0, 0.1) is 6.92 Å². The average molecular weight is 303 g/mol. The summed E-state index contributed by atoms with van der Waals surface area (Å²) in [6.07, 6.45) is -0.130. The molecule has 0 amide bonds. The topological polar surface area (TPSA) is 83.1 Å². The summed E-state index contributed by atoms with van der Waals surface area (Å²) < 4.78 is 11.7. The van der Waals surface area contributed by atoms with Crippen molar-refractivity contribution in [1.82, 2.24) is 4.90 Å². The average Bonchev–Trinajstić information content (AvgIpc) is 2.76. The van der Waals surface area contributed by atoms with Crippen molar-refractivity contribution < 1.29 is 19.4 Å². The number of likely N-dealkylation sites (N-methyl/N-ethyl adjacent to an activating group) is 1. The maximum absolute atomic E-state index is 12.2. The molecule has 1 saturated heterocycles. The molecule has 2 aromatic rings. The SMILES string of the molecule is Cc1cc(=O)c2c(O)cc3c(c2o1)C1CC(O)CN(C)C1O3. The molecule has 0 bridgehead atoms. The number of piperidine rings is 1. The van der Waals surface area contributed by atoms with Crippen LogP contribution in [-0.4, -0.2) is 41.0 Å². The summed E-state index contributed by atoms with van der Waals surface area (Å²) >= 11 is 0. The second-order valence-electron chi connectivity index (χ2n) is 6.18. The van der Waals surface area contributed by atoms with E-state index in [9.17, 15) is 15.0 Å². The molecule has 2 aliphatic rings. The largest absolute Gasteiger partial charge is 0.507 e. The Morgan fingerprint density at radius 1 is 1.36 bits per heavy atom. The number of aromatic hydroxyl groups is 1. The number of hydrogen-bond acceptors (Lipinski definition) is 6. The van der Waals surface area contributed by atoms with Crippen molar-refractivity contribution in [3.05, 3.63) is 33.7 Å². The maximum Gasteiger partial charge on any atom is 0.196 e. The summed E-state index contributed by atoms with van der Waals surface area (Å²) in [5.41, 5.74) is 0.867. The quantitative estimate of drug-likeness (QED) is 0.763. The van der Waals surface area contributed by atoms with Gasteiger partial charge in [-0.05, 0) is 20.4 Å². The summed E-state index contributed by atoms with van der Waals surface area (Å²) in [5.74, 6) is 0.786. The van der Waals surface area contributed by atoms with E-state index in [1.54, 1.807) is 6.92 Å². The molecule has 4 rings (SSSR count). The Morgan fingerprint density at radius 2 is 2.14 bits per heavy atom. The van der Waals surface area contributed by atoms with Gasteiger partial charge in [0.15, 0.2) is 11.7 Å². The molecule has 0 aliphatic carbocycles. The molecule has 6 nitrogen and oxygen atoms in total. The first-order valence-electron chi connectivity index (χ1n) is 7.31. The predicted octanol–water partition coefficient (Wildman–Crippen LogP) is 1.31. The second kappa shape index (κ2) is 4.47. The van der Waals surface area contributed by atoms with Crippen LogP contribution in [0.2, 0.25) is 0 Å². The molecule has 116 valence electrons. The predicted molar refractivity (Wildman–Crippen MR) is 79.3 cm³/mol. The molecule has 1 aromatic heterocycles. The number of phenolic OH excluding ortho intramolecular Hbond substituents is 1. The van der Waals surface area contributed by atoms with E-state index in [0.29, 0.717) is 30.1 Å². The molecule has 0 spiro atoms. The normalized spacial score (nSPS) is 27.5. The zero-order chi connectivity index (χ0) is 15.6. The lowest BCUT2D eigenvalue weighted by Gasteiger charge is -2.36. The number of hydrogen-bond donors (Lipinski definition) is 2. The highest BCUT2D eigenvalue weighted by Gasteiger charge is 2.44. The number of phenols is 1. The van der Waals surface area contributed by atoms with Gasteiger partial charge in [-0.3, -0.25) is 9.69 Å². The molecule has 0 saturated carbocycles. The summed E-state index contributed by atoms with van der Waals surface area (Å²) in [4.78, 5) is 14.1. The smallest absolute Gasteiger partial charge is 0.196 e. The number of fused-ring (bicyclic) bond motifs is 5. The first-order valence-corrected chi connectivity index (χ1v) is 7.31. The van der Waals surface area contributed by atoms with Gasteiger partial charge in [-0.25, -0.2) is 0 Å². The van der Waals surface area contributed by atoms with Gasteiger partial charge in [0, 0.05) is 30.2 Å². The van der Waals surface area contributed by atoms with Crippen molar-refractivity contribution in [2.24, 2.45) is 0 Å². The van der Waals surface area contributed by atoms with Gasteiger partial charge in [0.25, 0.3) is 0 Å². The van der Waals surface area contributed by atoms with Gasteiger partial charge in [-0.2, -0.15) is 0 Å². The van der Waals surface area contributed by atoms with Gasteiger partial charge in [0.1, 0.15) is 28.2 Å². The van der Waals surface area contributed by atoms with Crippen molar-refractivity contribution in [2.45, 2.75) is 31.6 Å². The highest BCUT2D eigenvalue weighted by Crippen LogP contribution is 2.49. The van der Waals surface area contributed by atoms with Crippen LogP contribution in [-0.2, 0) is 0 Å². The molecule has 1 fully saturated rings. The summed E-state index contributed by atoms with van der Waals surface area (Å²) in [7, 11) is 1.88. The van der Waals surface area contributed by atoms with Crippen LogP contribution in [0.25, 0.3) is 11.0 Å². The van der Waals surface area contributed by atoms with Crippen molar-refractivity contribution >= 4 is 11.0 Å². The van der Waals surface area contributed by atoms with E-state index in [2.05, 4.69) is 0 Å². The third kappa shape index (κ3) is 1.77. The number of rotatable bonds is 0. The monoisotopic (exact) mass is 303 g/mol. The van der Waals surface area contributed by atoms with Crippen LogP contribution in [0.15, 0.2) is 21.3 Å². The Bertz CT molecular complexity index is 827. The lowest BCUT2D eigenvalue weighted by molar-refractivity contribution is -0.0351. The number of likely N-dealkylation sites (tertiary alicyclic amines) is 1. The van der Waals surface area contributed by atoms with Crippen LogP contribution in [0.1, 0.15) is 23.7 Å². The van der Waals surface area contributed by atoms with Crippen molar-refractivity contribution in [3.63, 3.8) is 0 Å². The minimum atomic E-state index is -0.457. The zero-order valence-corrected chi connectivity index (χ0v) is 12.4. The number of aliphatic hydroxyl groups excluding tert-OH is 1. The molecule has 3 atom stereocenters. The van der Waals surface area contributed by atoms with Gasteiger partial charge in [-0.1, -0.05) is 0 Å². The fourth-order valence-electron chi connectivity index (χ4n) is 3.67. The Labute approximate surface area is 126 Å². The lowest BCUT2D eigenvalue weighted by atomic mass is 9.88. The van der Waals surface area contributed by atoms with E-state index >= 15 is 0 Å². The lowest BCUT2D eigenvalue weighted by Crippen LogP contribution is -2.47. The van der Waals surface area contributed by atoms with Crippen molar-refractivity contribution in [2.75, 3.05) is 13.6 Å². The van der Waals surface area contributed by atoms with Crippen molar-refractivity contribution in [1.29, 1.82) is 0 Å². The van der Waals surface area contributed by atoms with E-state index in [1.807, 2.05) is 11.9 Å². The molecular formula is C16H17NO5. The van der Waals surface area contributed by atoms with Gasteiger partial charge in [-0.15, -0.1) is 0 Å². The van der Waals surface area contributed by atoms with Crippen LogP contribution < -0.4 is 10.2 Å². The zero-order valence-electron chi connectivity index (χ0n) is 12.4. The Hall–Kier alpha value is -2.05. The van der Waals surface area contributed by atoms with Gasteiger partial charge < -0.3 is 19.4 Å². The van der Waals surface area contributed by atoms with E-state index in [1.165, 1.54) is 12.1 Å². The van der Waals surface area contributed by atoms with Crippen LogP contribution >= 0.6 is 0 Å². The van der Waals surface area contributed by atoms with Crippen LogP contribution in [0.5, 0.6) is 11.5 Å². The molecular weight excluding hydrogens is 286 g/mol. The standard InChI is InChI=1S/C16H17NO5/c1-7-3-10(19)14-11(20)5-12-13(15(14)21-7)9-4-8(18)6-17(2)16(9)22-12/h3,5,8-9,16,18,20H,4,6H2,1-2H3. The first kappa shape index (κ1) is 13.6. The molecule has 2 N–H and O–H groups in total.